The van der Waals surface area contributed by atoms with E-state index in [-0.39, 0.29) is 6.04 Å². The van der Waals surface area contributed by atoms with Crippen molar-refractivity contribution in [2.45, 2.75) is 19.0 Å². The molecule has 2 unspecified atom stereocenters. The summed E-state index contributed by atoms with van der Waals surface area (Å²) in [7, 11) is 2.17. The molecule has 2 rings (SSSR count). The predicted molar refractivity (Wildman–Crippen MR) is 69.7 cm³/mol. The number of nitrogens with two attached hydrogens (primary N) is 1. The van der Waals surface area contributed by atoms with E-state index in [9.17, 15) is 0 Å². The fourth-order valence-corrected chi connectivity index (χ4v) is 2.62. The van der Waals surface area contributed by atoms with E-state index in [0.29, 0.717) is 12.6 Å². The molecule has 0 aliphatic carbocycles. The second-order valence-corrected chi connectivity index (χ2v) is 4.86. The number of hydrogen-bond donors (Lipinski definition) is 1. The summed E-state index contributed by atoms with van der Waals surface area (Å²) in [6.45, 7) is 6.17. The maximum absolute atomic E-state index is 5.94. The Kier molecular flexibility index (Phi) is 4.10. The van der Waals surface area contributed by atoms with Crippen LogP contribution in [0.5, 0.6) is 0 Å². The SMILES string of the molecule is CC1CN(C)CCN1C(CN)c1ccccn1. The molecule has 0 saturated carbocycles. The second-order valence-electron chi connectivity index (χ2n) is 4.86. The quantitative estimate of drug-likeness (QED) is 0.837. The van der Waals surface area contributed by atoms with Crippen LogP contribution in [0.1, 0.15) is 18.7 Å². The van der Waals surface area contributed by atoms with Gasteiger partial charge in [0.1, 0.15) is 0 Å². The molecule has 94 valence electrons. The van der Waals surface area contributed by atoms with Crippen LogP contribution < -0.4 is 5.73 Å². The van der Waals surface area contributed by atoms with Crippen molar-refractivity contribution >= 4 is 0 Å². The summed E-state index contributed by atoms with van der Waals surface area (Å²) < 4.78 is 0. The summed E-state index contributed by atoms with van der Waals surface area (Å²) in [5.41, 5.74) is 7.03. The summed E-state index contributed by atoms with van der Waals surface area (Å²) in [4.78, 5) is 9.29. The van der Waals surface area contributed by atoms with E-state index in [4.69, 9.17) is 5.73 Å². The number of rotatable bonds is 3. The Balaban J connectivity index is 2.13. The molecule has 0 radical (unpaired) electrons. The van der Waals surface area contributed by atoms with E-state index in [2.05, 4.69) is 34.8 Å². The van der Waals surface area contributed by atoms with E-state index < -0.39 is 0 Å². The lowest BCUT2D eigenvalue weighted by atomic mass is 10.1. The van der Waals surface area contributed by atoms with Gasteiger partial charge in [-0.3, -0.25) is 9.88 Å². The van der Waals surface area contributed by atoms with Crippen molar-refractivity contribution in [1.82, 2.24) is 14.8 Å². The van der Waals surface area contributed by atoms with Gasteiger partial charge in [0, 0.05) is 38.4 Å². The Morgan fingerprint density at radius 1 is 1.47 bits per heavy atom. The van der Waals surface area contributed by atoms with Crippen LogP contribution in [0.15, 0.2) is 24.4 Å². The topological polar surface area (TPSA) is 45.4 Å². The molecule has 0 amide bonds. The Labute approximate surface area is 103 Å². The molecule has 0 bridgehead atoms. The molecule has 0 spiro atoms. The van der Waals surface area contributed by atoms with Crippen molar-refractivity contribution in [2.24, 2.45) is 5.73 Å². The van der Waals surface area contributed by atoms with Crippen molar-refractivity contribution in [3.05, 3.63) is 30.1 Å². The van der Waals surface area contributed by atoms with Crippen molar-refractivity contribution in [3.63, 3.8) is 0 Å². The van der Waals surface area contributed by atoms with Gasteiger partial charge in [-0.2, -0.15) is 0 Å². The van der Waals surface area contributed by atoms with Gasteiger partial charge >= 0.3 is 0 Å². The molecule has 1 aliphatic heterocycles. The average Bonchev–Trinajstić information content (AvgIpc) is 2.34. The van der Waals surface area contributed by atoms with Gasteiger partial charge in [0.2, 0.25) is 0 Å². The monoisotopic (exact) mass is 234 g/mol. The fourth-order valence-electron chi connectivity index (χ4n) is 2.62. The van der Waals surface area contributed by atoms with E-state index in [0.717, 1.165) is 25.3 Å². The number of hydrogen-bond acceptors (Lipinski definition) is 4. The van der Waals surface area contributed by atoms with Gasteiger partial charge < -0.3 is 10.6 Å². The number of nitrogens with zero attached hydrogens (tertiary/aromatic N) is 3. The van der Waals surface area contributed by atoms with Crippen molar-refractivity contribution in [3.8, 4) is 0 Å². The number of piperazine rings is 1. The van der Waals surface area contributed by atoms with Gasteiger partial charge in [-0.1, -0.05) is 6.07 Å². The van der Waals surface area contributed by atoms with Gasteiger partial charge in [-0.25, -0.2) is 0 Å². The minimum Gasteiger partial charge on any atom is -0.329 e. The first-order chi connectivity index (χ1) is 8.22. The van der Waals surface area contributed by atoms with Crippen LogP contribution in [0, 0.1) is 0 Å². The van der Waals surface area contributed by atoms with Crippen molar-refractivity contribution in [1.29, 1.82) is 0 Å². The molecule has 2 heterocycles. The lowest BCUT2D eigenvalue weighted by Gasteiger charge is -2.42. The second kappa shape index (κ2) is 5.58. The first-order valence-corrected chi connectivity index (χ1v) is 6.27. The first-order valence-electron chi connectivity index (χ1n) is 6.27. The predicted octanol–water partition coefficient (Wildman–Crippen LogP) is 0.717. The summed E-state index contributed by atoms with van der Waals surface area (Å²) in [6.07, 6.45) is 1.85. The van der Waals surface area contributed by atoms with E-state index in [1.165, 1.54) is 0 Å². The normalized spacial score (nSPS) is 24.8. The average molecular weight is 234 g/mol. The third-order valence-corrected chi connectivity index (χ3v) is 3.53. The van der Waals surface area contributed by atoms with Crippen LogP contribution in [0.4, 0.5) is 0 Å². The van der Waals surface area contributed by atoms with Crippen LogP contribution in [-0.2, 0) is 0 Å². The highest BCUT2D eigenvalue weighted by atomic mass is 15.3. The zero-order valence-electron chi connectivity index (χ0n) is 10.7. The molecule has 4 heteroatoms. The zero-order chi connectivity index (χ0) is 12.3. The van der Waals surface area contributed by atoms with Crippen LogP contribution in [0.2, 0.25) is 0 Å². The molecule has 2 N–H and O–H groups in total. The van der Waals surface area contributed by atoms with Crippen LogP contribution in [0.25, 0.3) is 0 Å². The molecule has 1 aromatic heterocycles. The highest BCUT2D eigenvalue weighted by Crippen LogP contribution is 2.22. The highest BCUT2D eigenvalue weighted by Gasteiger charge is 2.28. The van der Waals surface area contributed by atoms with Crippen molar-refractivity contribution < 1.29 is 0 Å². The van der Waals surface area contributed by atoms with Crippen LogP contribution in [0.3, 0.4) is 0 Å². The molecular formula is C13H22N4. The van der Waals surface area contributed by atoms with Crippen molar-refractivity contribution in [2.75, 3.05) is 33.2 Å². The highest BCUT2D eigenvalue weighted by molar-refractivity contribution is 5.10. The third-order valence-electron chi connectivity index (χ3n) is 3.53. The van der Waals surface area contributed by atoms with Gasteiger partial charge in [0.25, 0.3) is 0 Å². The standard InChI is InChI=1S/C13H22N4/c1-11-10-16(2)7-8-17(11)13(9-14)12-5-3-4-6-15-12/h3-6,11,13H,7-10,14H2,1-2H3. The third kappa shape index (κ3) is 2.83. The molecule has 4 nitrogen and oxygen atoms in total. The Morgan fingerprint density at radius 2 is 2.29 bits per heavy atom. The molecule has 1 aliphatic rings. The number of pyridine rings is 1. The minimum absolute atomic E-state index is 0.250. The maximum atomic E-state index is 5.94. The largest absolute Gasteiger partial charge is 0.329 e. The minimum atomic E-state index is 0.250. The van der Waals surface area contributed by atoms with Crippen LogP contribution >= 0.6 is 0 Å². The Bertz CT molecular complexity index is 341. The van der Waals surface area contributed by atoms with E-state index >= 15 is 0 Å². The fraction of sp³-hybridized carbons (Fsp3) is 0.615. The molecule has 0 aromatic carbocycles. The van der Waals surface area contributed by atoms with E-state index in [1.807, 2.05) is 18.3 Å². The number of aromatic nitrogens is 1. The zero-order valence-corrected chi connectivity index (χ0v) is 10.7. The smallest absolute Gasteiger partial charge is 0.0647 e. The summed E-state index contributed by atoms with van der Waals surface area (Å²) in [5, 5.41) is 0. The van der Waals surface area contributed by atoms with Gasteiger partial charge in [0.15, 0.2) is 0 Å². The first kappa shape index (κ1) is 12.5. The van der Waals surface area contributed by atoms with Gasteiger partial charge in [0.05, 0.1) is 11.7 Å². The summed E-state index contributed by atoms with van der Waals surface area (Å²) >= 11 is 0. The van der Waals surface area contributed by atoms with E-state index in [1.54, 1.807) is 0 Å². The van der Waals surface area contributed by atoms with Gasteiger partial charge in [-0.15, -0.1) is 0 Å². The number of likely N-dealkylation sites (N-methyl/N-ethyl adjacent to an activating group) is 1. The molecular weight excluding hydrogens is 212 g/mol. The molecule has 2 atom stereocenters. The van der Waals surface area contributed by atoms with Crippen LogP contribution in [-0.4, -0.2) is 54.1 Å². The Hall–Kier alpha value is -0.970. The summed E-state index contributed by atoms with van der Waals surface area (Å²) in [5.74, 6) is 0. The lowest BCUT2D eigenvalue weighted by molar-refractivity contribution is 0.0620. The van der Waals surface area contributed by atoms with Gasteiger partial charge in [-0.05, 0) is 26.1 Å². The maximum Gasteiger partial charge on any atom is 0.0647 e. The molecule has 17 heavy (non-hydrogen) atoms. The Morgan fingerprint density at radius 3 is 2.88 bits per heavy atom. The molecule has 1 fully saturated rings. The molecule has 1 saturated heterocycles. The lowest BCUT2D eigenvalue weighted by Crippen LogP contribution is -2.53. The summed E-state index contributed by atoms with van der Waals surface area (Å²) in [6, 6.07) is 6.84. The molecule has 1 aromatic rings.